The summed E-state index contributed by atoms with van der Waals surface area (Å²) in [6.45, 7) is 7.77. The van der Waals surface area contributed by atoms with E-state index in [0.29, 0.717) is 13.2 Å². The quantitative estimate of drug-likeness (QED) is 0.650. The van der Waals surface area contributed by atoms with Crippen LogP contribution in [0.4, 0.5) is 0 Å². The topological polar surface area (TPSA) is 73.8 Å². The molecule has 152 valence electrons. The second-order valence-corrected chi connectivity index (χ2v) is 6.92. The highest BCUT2D eigenvalue weighted by Crippen LogP contribution is 2.38. The molecule has 0 aromatic rings. The highest BCUT2D eigenvalue weighted by atomic mass is 16.8. The van der Waals surface area contributed by atoms with E-state index in [0.717, 1.165) is 0 Å². The Kier molecular flexibility index (Phi) is 6.52. The van der Waals surface area contributed by atoms with Gasteiger partial charge in [0.25, 0.3) is 0 Å². The molecule has 2 rings (SSSR count). The van der Waals surface area contributed by atoms with E-state index < -0.39 is 23.1 Å². The van der Waals surface area contributed by atoms with Gasteiger partial charge in [0.1, 0.15) is 12.2 Å². The van der Waals surface area contributed by atoms with Crippen molar-refractivity contribution in [3.63, 3.8) is 0 Å². The Morgan fingerprint density at radius 3 is 1.19 bits per heavy atom. The summed E-state index contributed by atoms with van der Waals surface area (Å²) in [5.74, 6) is -4.08. The van der Waals surface area contributed by atoms with Crippen LogP contribution in [0.2, 0.25) is 0 Å². The molecule has 0 N–H and O–H groups in total. The van der Waals surface area contributed by atoms with Gasteiger partial charge in [-0.2, -0.15) is 0 Å². The molecule has 0 aliphatic carbocycles. The van der Waals surface area contributed by atoms with Crippen molar-refractivity contribution in [2.75, 3.05) is 41.7 Å². The molecule has 2 fully saturated rings. The van der Waals surface area contributed by atoms with E-state index in [1.807, 2.05) is 12.2 Å². The van der Waals surface area contributed by atoms with Crippen LogP contribution in [0.3, 0.4) is 0 Å². The Bertz CT molecular complexity index is 469. The molecule has 8 nitrogen and oxygen atoms in total. The largest absolute Gasteiger partial charge is 0.349 e. The third kappa shape index (κ3) is 3.70. The molecule has 8 heteroatoms. The number of ether oxygens (including phenoxy) is 8. The van der Waals surface area contributed by atoms with Gasteiger partial charge in [-0.1, -0.05) is 12.2 Å². The first kappa shape index (κ1) is 21.7. The van der Waals surface area contributed by atoms with Crippen molar-refractivity contribution in [1.29, 1.82) is 0 Å². The highest BCUT2D eigenvalue weighted by molar-refractivity contribution is 5.02. The zero-order valence-electron chi connectivity index (χ0n) is 17.0. The van der Waals surface area contributed by atoms with E-state index in [2.05, 4.69) is 0 Å². The third-order valence-electron chi connectivity index (χ3n) is 5.55. The van der Waals surface area contributed by atoms with Gasteiger partial charge in [0, 0.05) is 28.4 Å². The van der Waals surface area contributed by atoms with Crippen molar-refractivity contribution in [2.45, 2.75) is 63.1 Å². The van der Waals surface area contributed by atoms with Crippen molar-refractivity contribution in [3.05, 3.63) is 12.2 Å². The number of rotatable bonds is 6. The fourth-order valence-electron chi connectivity index (χ4n) is 3.00. The SMILES string of the molecule is CO[C@@]1(C)OC[C@H](C=C[C@H]2CO[C@@](C)(OC)[C@](C)(OC)O2)O[C@]1(C)OC. The molecule has 2 aliphatic rings. The van der Waals surface area contributed by atoms with Crippen LogP contribution in [-0.2, 0) is 37.9 Å². The van der Waals surface area contributed by atoms with E-state index >= 15 is 0 Å². The summed E-state index contributed by atoms with van der Waals surface area (Å²) in [6, 6.07) is 0. The molecule has 0 bridgehead atoms. The van der Waals surface area contributed by atoms with Gasteiger partial charge < -0.3 is 37.9 Å². The molecule has 2 saturated heterocycles. The van der Waals surface area contributed by atoms with E-state index in [9.17, 15) is 0 Å². The molecule has 0 radical (unpaired) electrons. The van der Waals surface area contributed by atoms with Gasteiger partial charge in [0.2, 0.25) is 23.1 Å². The Hall–Kier alpha value is -0.580. The van der Waals surface area contributed by atoms with Gasteiger partial charge in [-0.15, -0.1) is 0 Å². The smallest absolute Gasteiger partial charge is 0.220 e. The molecule has 0 saturated carbocycles. The summed E-state index contributed by atoms with van der Waals surface area (Å²) < 4.78 is 45.7. The minimum Gasteiger partial charge on any atom is -0.349 e. The second-order valence-electron chi connectivity index (χ2n) is 6.92. The zero-order chi connectivity index (χ0) is 19.6. The molecule has 2 aliphatic heterocycles. The van der Waals surface area contributed by atoms with Crippen LogP contribution in [0.25, 0.3) is 0 Å². The average Bonchev–Trinajstić information content (AvgIpc) is 2.65. The van der Waals surface area contributed by atoms with Crippen molar-refractivity contribution < 1.29 is 37.9 Å². The molecule has 0 spiro atoms. The predicted molar refractivity (Wildman–Crippen MR) is 92.4 cm³/mol. The summed E-state index contributed by atoms with van der Waals surface area (Å²) in [6.07, 6.45) is 3.09. The lowest BCUT2D eigenvalue weighted by atomic mass is 10.1. The summed E-state index contributed by atoms with van der Waals surface area (Å²) in [5.41, 5.74) is 0. The van der Waals surface area contributed by atoms with Gasteiger partial charge in [0.05, 0.1) is 13.2 Å². The van der Waals surface area contributed by atoms with E-state index in [1.54, 1.807) is 56.1 Å². The van der Waals surface area contributed by atoms with Gasteiger partial charge in [-0.25, -0.2) is 0 Å². The average molecular weight is 376 g/mol. The molecule has 6 atom stereocenters. The third-order valence-corrected chi connectivity index (χ3v) is 5.55. The maximum absolute atomic E-state index is 6.05. The summed E-state index contributed by atoms with van der Waals surface area (Å²) in [5, 5.41) is 0. The van der Waals surface area contributed by atoms with Gasteiger partial charge in [0.15, 0.2) is 0 Å². The van der Waals surface area contributed by atoms with Crippen LogP contribution < -0.4 is 0 Å². The van der Waals surface area contributed by atoms with Gasteiger partial charge >= 0.3 is 0 Å². The second kappa shape index (κ2) is 7.81. The maximum Gasteiger partial charge on any atom is 0.220 e. The van der Waals surface area contributed by atoms with E-state index in [4.69, 9.17) is 37.9 Å². The van der Waals surface area contributed by atoms with Crippen molar-refractivity contribution in [3.8, 4) is 0 Å². The lowest BCUT2D eigenvalue weighted by Crippen LogP contribution is -2.62. The molecular weight excluding hydrogens is 344 g/mol. The lowest BCUT2D eigenvalue weighted by Gasteiger charge is -2.49. The number of hydrogen-bond acceptors (Lipinski definition) is 8. The fraction of sp³-hybridized carbons (Fsp3) is 0.889. The Morgan fingerprint density at radius 2 is 0.923 bits per heavy atom. The summed E-state index contributed by atoms with van der Waals surface area (Å²) in [4.78, 5) is 0. The van der Waals surface area contributed by atoms with Crippen LogP contribution in [0.5, 0.6) is 0 Å². The zero-order valence-corrected chi connectivity index (χ0v) is 17.0. The molecule has 0 aromatic carbocycles. The molecule has 2 heterocycles. The maximum atomic E-state index is 6.05. The minimum atomic E-state index is -1.05. The molecule has 26 heavy (non-hydrogen) atoms. The highest BCUT2D eigenvalue weighted by Gasteiger charge is 2.54. The minimum absolute atomic E-state index is 0.323. The van der Waals surface area contributed by atoms with E-state index in [1.165, 1.54) is 0 Å². The van der Waals surface area contributed by atoms with Crippen molar-refractivity contribution in [2.24, 2.45) is 0 Å². The fourth-order valence-corrected chi connectivity index (χ4v) is 3.00. The Labute approximate surface area is 155 Å². The van der Waals surface area contributed by atoms with Crippen LogP contribution >= 0.6 is 0 Å². The Morgan fingerprint density at radius 1 is 0.615 bits per heavy atom. The molecular formula is C18H32O8. The monoisotopic (exact) mass is 376 g/mol. The summed E-state index contributed by atoms with van der Waals surface area (Å²) in [7, 11) is 6.23. The molecule has 0 aromatic heterocycles. The van der Waals surface area contributed by atoms with Crippen molar-refractivity contribution >= 4 is 0 Å². The van der Waals surface area contributed by atoms with Crippen LogP contribution in [-0.4, -0.2) is 77.0 Å². The predicted octanol–water partition coefficient (Wildman–Crippen LogP) is 1.82. The van der Waals surface area contributed by atoms with E-state index in [-0.39, 0.29) is 12.2 Å². The first-order chi connectivity index (χ1) is 12.1. The van der Waals surface area contributed by atoms with Gasteiger partial charge in [-0.3, -0.25) is 0 Å². The number of hydrogen-bond donors (Lipinski definition) is 0. The van der Waals surface area contributed by atoms with Crippen LogP contribution in [0.1, 0.15) is 27.7 Å². The number of methoxy groups -OCH3 is 4. The normalized spacial score (nSPS) is 47.4. The van der Waals surface area contributed by atoms with Crippen LogP contribution in [0, 0.1) is 0 Å². The molecule has 0 amide bonds. The van der Waals surface area contributed by atoms with Crippen molar-refractivity contribution in [1.82, 2.24) is 0 Å². The van der Waals surface area contributed by atoms with Gasteiger partial charge in [-0.05, 0) is 27.7 Å². The first-order valence-corrected chi connectivity index (χ1v) is 8.63. The lowest BCUT2D eigenvalue weighted by molar-refractivity contribution is -0.427. The molecule has 0 unspecified atom stereocenters. The van der Waals surface area contributed by atoms with Crippen LogP contribution in [0.15, 0.2) is 12.2 Å². The first-order valence-electron chi connectivity index (χ1n) is 8.63. The Balaban J connectivity index is 2.05. The standard InChI is InChI=1S/C18H32O8/c1-15(19-5)17(3,21-7)25-13(11-23-15)9-10-14-12-24-16(2,20-6)18(4,22-8)26-14/h9-10,13-14H,11-12H2,1-8H3/t13-,14-,15-,16+,17-,18+/m0/s1. The summed E-state index contributed by atoms with van der Waals surface area (Å²) >= 11 is 0.